The number of hydrogen-bond donors (Lipinski definition) is 3. The van der Waals surface area contributed by atoms with Gasteiger partial charge in [-0.1, -0.05) is 23.7 Å². The highest BCUT2D eigenvalue weighted by atomic mass is 35.5. The van der Waals surface area contributed by atoms with Crippen molar-refractivity contribution in [1.29, 1.82) is 0 Å². The molecule has 2 unspecified atom stereocenters. The van der Waals surface area contributed by atoms with E-state index >= 15 is 0 Å². The van der Waals surface area contributed by atoms with Crippen LogP contribution in [-0.2, 0) is 0 Å². The summed E-state index contributed by atoms with van der Waals surface area (Å²) in [7, 11) is 0. The summed E-state index contributed by atoms with van der Waals surface area (Å²) in [5, 5.41) is 10.8. The molecular formula is C18H17ClN4O3S. The Morgan fingerprint density at radius 2 is 2.15 bits per heavy atom. The average molecular weight is 405 g/mol. The van der Waals surface area contributed by atoms with Crippen LogP contribution in [0.1, 0.15) is 28.9 Å². The van der Waals surface area contributed by atoms with Crippen LogP contribution in [0.15, 0.2) is 24.3 Å². The molecule has 9 heteroatoms. The lowest BCUT2D eigenvalue weighted by Crippen LogP contribution is -2.15. The van der Waals surface area contributed by atoms with E-state index in [2.05, 4.69) is 9.97 Å². The first-order chi connectivity index (χ1) is 12.9. The highest BCUT2D eigenvalue weighted by molar-refractivity contribution is 7.21. The van der Waals surface area contributed by atoms with E-state index in [1.807, 2.05) is 6.07 Å². The highest BCUT2D eigenvalue weighted by Gasteiger charge is 2.27. The van der Waals surface area contributed by atoms with Gasteiger partial charge in [0, 0.05) is 17.0 Å². The second-order valence-electron chi connectivity index (χ2n) is 6.46. The molecule has 140 valence electrons. The molecule has 2 heterocycles. The number of benzene rings is 1. The predicted molar refractivity (Wildman–Crippen MR) is 105 cm³/mol. The van der Waals surface area contributed by atoms with E-state index in [0.29, 0.717) is 33.8 Å². The number of nitrogen functional groups attached to an aromatic ring is 1. The minimum absolute atomic E-state index is 0.155. The topological polar surface area (TPSA) is 124 Å². The molecule has 0 spiro atoms. The Labute approximate surface area is 163 Å². The van der Waals surface area contributed by atoms with E-state index in [9.17, 15) is 9.90 Å². The van der Waals surface area contributed by atoms with Crippen molar-refractivity contribution in [3.05, 3.63) is 34.2 Å². The standard InChI is InChI=1S/C18H17ClN4O3S/c19-9-3-1-2-8(6-9)14-12-13(20)15(16(21)25)27-17(12)23-18(22-14)26-11-5-4-10(24)7-11/h1-3,6,10-11,24H,4-5,7,20H2,(H2,21,25). The van der Waals surface area contributed by atoms with E-state index in [-0.39, 0.29) is 28.8 Å². The number of aliphatic hydroxyl groups is 1. The van der Waals surface area contributed by atoms with Crippen LogP contribution < -0.4 is 16.2 Å². The van der Waals surface area contributed by atoms with Gasteiger partial charge < -0.3 is 21.3 Å². The second kappa shape index (κ2) is 6.95. The summed E-state index contributed by atoms with van der Waals surface area (Å²) >= 11 is 7.23. The zero-order valence-electron chi connectivity index (χ0n) is 14.2. The number of nitrogens with zero attached hydrogens (tertiary/aromatic N) is 2. The molecule has 1 amide bonds. The van der Waals surface area contributed by atoms with Gasteiger partial charge in [-0.15, -0.1) is 11.3 Å². The maximum Gasteiger partial charge on any atom is 0.318 e. The Kier molecular flexibility index (Phi) is 4.63. The number of thiophene rings is 1. The van der Waals surface area contributed by atoms with Crippen molar-refractivity contribution in [1.82, 2.24) is 9.97 Å². The molecule has 2 atom stereocenters. The summed E-state index contributed by atoms with van der Waals surface area (Å²) in [6.07, 6.45) is 1.43. The number of nitrogens with two attached hydrogens (primary N) is 2. The predicted octanol–water partition coefficient (Wildman–Crippen LogP) is 2.99. The summed E-state index contributed by atoms with van der Waals surface area (Å²) in [4.78, 5) is 21.4. The number of halogens is 1. The van der Waals surface area contributed by atoms with Crippen LogP contribution in [0.25, 0.3) is 21.5 Å². The lowest BCUT2D eigenvalue weighted by Gasteiger charge is -2.13. The summed E-state index contributed by atoms with van der Waals surface area (Å²) in [6.45, 7) is 0. The number of aromatic nitrogens is 2. The Balaban J connectivity index is 1.87. The molecule has 5 N–H and O–H groups in total. The Morgan fingerprint density at radius 3 is 2.81 bits per heavy atom. The van der Waals surface area contributed by atoms with Crippen molar-refractivity contribution in [2.24, 2.45) is 5.73 Å². The molecule has 0 bridgehead atoms. The summed E-state index contributed by atoms with van der Waals surface area (Å²) in [5.41, 5.74) is 13.1. The van der Waals surface area contributed by atoms with E-state index in [1.54, 1.807) is 18.2 Å². The van der Waals surface area contributed by atoms with Gasteiger partial charge in [0.15, 0.2) is 0 Å². The molecule has 27 heavy (non-hydrogen) atoms. The molecule has 4 rings (SSSR count). The molecule has 3 aromatic rings. The van der Waals surface area contributed by atoms with Gasteiger partial charge in [0.05, 0.1) is 22.9 Å². The number of hydrogen-bond acceptors (Lipinski definition) is 7. The number of aliphatic hydroxyl groups excluding tert-OH is 1. The summed E-state index contributed by atoms with van der Waals surface area (Å²) in [5.74, 6) is -0.617. The second-order valence-corrected chi connectivity index (χ2v) is 7.90. The fourth-order valence-corrected chi connectivity index (χ4v) is 4.39. The normalized spacial score (nSPS) is 19.5. The van der Waals surface area contributed by atoms with Gasteiger partial charge in [0.2, 0.25) is 0 Å². The van der Waals surface area contributed by atoms with E-state index in [1.165, 1.54) is 0 Å². The van der Waals surface area contributed by atoms with Gasteiger partial charge in [-0.2, -0.15) is 9.97 Å². The molecule has 1 saturated carbocycles. The molecule has 1 fully saturated rings. The van der Waals surface area contributed by atoms with Gasteiger partial charge in [-0.3, -0.25) is 4.79 Å². The molecule has 1 aliphatic rings. The smallest absolute Gasteiger partial charge is 0.318 e. The van der Waals surface area contributed by atoms with Crippen LogP contribution in [-0.4, -0.2) is 33.2 Å². The fourth-order valence-electron chi connectivity index (χ4n) is 3.26. The first-order valence-corrected chi connectivity index (χ1v) is 9.62. The number of carbonyl (C=O) groups excluding carboxylic acids is 1. The molecule has 0 radical (unpaired) electrons. The van der Waals surface area contributed by atoms with E-state index in [4.69, 9.17) is 27.8 Å². The molecule has 1 aromatic carbocycles. The third kappa shape index (κ3) is 3.43. The number of anilines is 1. The lowest BCUT2D eigenvalue weighted by molar-refractivity contribution is 0.100. The van der Waals surface area contributed by atoms with Crippen molar-refractivity contribution in [2.75, 3.05) is 5.73 Å². The van der Waals surface area contributed by atoms with Crippen LogP contribution in [0, 0.1) is 0 Å². The first-order valence-electron chi connectivity index (χ1n) is 8.43. The molecular weight excluding hydrogens is 388 g/mol. The van der Waals surface area contributed by atoms with Crippen molar-refractivity contribution in [3.63, 3.8) is 0 Å². The molecule has 0 aliphatic heterocycles. The number of carbonyl (C=O) groups is 1. The minimum Gasteiger partial charge on any atom is -0.460 e. The number of ether oxygens (including phenoxy) is 1. The maximum atomic E-state index is 11.7. The molecule has 1 aliphatic carbocycles. The molecule has 2 aromatic heterocycles. The Bertz CT molecular complexity index is 1040. The Hall–Kier alpha value is -2.42. The van der Waals surface area contributed by atoms with Gasteiger partial charge in [-0.25, -0.2) is 0 Å². The van der Waals surface area contributed by atoms with Crippen LogP contribution in [0.5, 0.6) is 6.01 Å². The van der Waals surface area contributed by atoms with Gasteiger partial charge in [0.25, 0.3) is 5.91 Å². The van der Waals surface area contributed by atoms with Crippen LogP contribution in [0.4, 0.5) is 5.69 Å². The monoisotopic (exact) mass is 404 g/mol. The zero-order valence-corrected chi connectivity index (χ0v) is 15.8. The first kappa shape index (κ1) is 18.0. The Morgan fingerprint density at radius 1 is 1.33 bits per heavy atom. The minimum atomic E-state index is -0.617. The zero-order chi connectivity index (χ0) is 19.1. The van der Waals surface area contributed by atoms with Crippen molar-refractivity contribution >= 4 is 44.7 Å². The summed E-state index contributed by atoms with van der Waals surface area (Å²) in [6, 6.07) is 7.34. The van der Waals surface area contributed by atoms with Gasteiger partial charge >= 0.3 is 6.01 Å². The number of primary amides is 1. The third-order valence-electron chi connectivity index (χ3n) is 4.52. The molecule has 7 nitrogen and oxygen atoms in total. The van der Waals surface area contributed by atoms with E-state index in [0.717, 1.165) is 23.3 Å². The molecule has 0 saturated heterocycles. The quantitative estimate of drug-likeness (QED) is 0.614. The largest absolute Gasteiger partial charge is 0.460 e. The van der Waals surface area contributed by atoms with Crippen LogP contribution >= 0.6 is 22.9 Å². The van der Waals surface area contributed by atoms with Crippen LogP contribution in [0.2, 0.25) is 5.02 Å². The fraction of sp³-hybridized carbons (Fsp3) is 0.278. The third-order valence-corrected chi connectivity index (χ3v) is 5.87. The maximum absolute atomic E-state index is 11.7. The highest BCUT2D eigenvalue weighted by Crippen LogP contribution is 2.40. The van der Waals surface area contributed by atoms with Crippen molar-refractivity contribution < 1.29 is 14.6 Å². The van der Waals surface area contributed by atoms with Gasteiger partial charge in [0.1, 0.15) is 15.8 Å². The van der Waals surface area contributed by atoms with E-state index < -0.39 is 5.91 Å². The van der Waals surface area contributed by atoms with Crippen molar-refractivity contribution in [2.45, 2.75) is 31.5 Å². The average Bonchev–Trinajstić information content (AvgIpc) is 3.17. The van der Waals surface area contributed by atoms with Crippen molar-refractivity contribution in [3.8, 4) is 17.3 Å². The number of rotatable bonds is 4. The van der Waals surface area contributed by atoms with Crippen LogP contribution in [0.3, 0.4) is 0 Å². The number of fused-ring (bicyclic) bond motifs is 1. The summed E-state index contributed by atoms with van der Waals surface area (Å²) < 4.78 is 5.89. The SMILES string of the molecule is NC(=O)c1sc2nc(OC3CCC(O)C3)nc(-c3cccc(Cl)c3)c2c1N. The number of amides is 1. The van der Waals surface area contributed by atoms with Gasteiger partial charge in [-0.05, 0) is 25.0 Å². The lowest BCUT2D eigenvalue weighted by atomic mass is 10.1.